The van der Waals surface area contributed by atoms with Gasteiger partial charge in [0.05, 0.1) is 0 Å². The average molecular weight is 393 g/mol. The van der Waals surface area contributed by atoms with Crippen LogP contribution in [0.3, 0.4) is 0 Å². The highest BCUT2D eigenvalue weighted by atomic mass is 28.4. The summed E-state index contributed by atoms with van der Waals surface area (Å²) in [6, 6.07) is 4.88. The maximum absolute atomic E-state index is 15.5. The topological polar surface area (TPSA) is 0 Å². The molecule has 0 radical (unpaired) electrons. The van der Waals surface area contributed by atoms with Crippen molar-refractivity contribution in [2.45, 2.75) is 129 Å². The minimum atomic E-state index is -2.61. The van der Waals surface area contributed by atoms with Crippen LogP contribution in [0.4, 0.5) is 8.22 Å². The fourth-order valence-corrected chi connectivity index (χ4v) is 11.7. The zero-order valence-corrected chi connectivity index (χ0v) is 19.9. The van der Waals surface area contributed by atoms with Crippen LogP contribution in [0.15, 0.2) is 0 Å². The summed E-state index contributed by atoms with van der Waals surface area (Å²) in [4.78, 5) is 0. The molecule has 0 rings (SSSR count). The number of halogens is 2. The Kier molecular flexibility index (Phi) is 14.5. The van der Waals surface area contributed by atoms with E-state index in [4.69, 9.17) is 0 Å². The number of hydrogen-bond acceptors (Lipinski definition) is 0. The van der Waals surface area contributed by atoms with E-state index >= 15 is 8.22 Å². The summed E-state index contributed by atoms with van der Waals surface area (Å²) < 4.78 is 30.9. The average Bonchev–Trinajstić information content (AvgIpc) is 2.60. The Bertz CT molecular complexity index is 294. The van der Waals surface area contributed by atoms with E-state index in [9.17, 15) is 0 Å². The van der Waals surface area contributed by atoms with Gasteiger partial charge in [-0.1, -0.05) is 92.4 Å². The van der Waals surface area contributed by atoms with Gasteiger partial charge in [0.1, 0.15) is 0 Å². The van der Waals surface area contributed by atoms with Crippen LogP contribution in [0.25, 0.3) is 0 Å². The van der Waals surface area contributed by atoms with Crippen molar-refractivity contribution in [3.63, 3.8) is 0 Å². The summed E-state index contributed by atoms with van der Waals surface area (Å²) in [5.74, 6) is 0.372. The lowest BCUT2D eigenvalue weighted by atomic mass is 10.2. The first-order valence-electron chi connectivity index (χ1n) is 11.2. The van der Waals surface area contributed by atoms with Gasteiger partial charge >= 0.3 is 0 Å². The molecule has 0 N–H and O–H groups in total. The highest BCUT2D eigenvalue weighted by Gasteiger charge is 2.37. The van der Waals surface area contributed by atoms with Gasteiger partial charge in [0.15, 0.2) is 0 Å². The molecule has 0 aliphatic heterocycles. The monoisotopic (exact) mass is 392 g/mol. The summed E-state index contributed by atoms with van der Waals surface area (Å²) in [6.45, 7) is 10.8. The molecule has 0 fully saturated rings. The molecule has 1 unspecified atom stereocenters. The third-order valence-corrected chi connectivity index (χ3v) is 13.3. The lowest BCUT2D eigenvalue weighted by molar-refractivity contribution is 0.553. The van der Waals surface area contributed by atoms with Gasteiger partial charge in [-0.2, -0.15) is 0 Å². The second kappa shape index (κ2) is 14.4. The van der Waals surface area contributed by atoms with Crippen molar-refractivity contribution in [3.05, 3.63) is 0 Å². The smallest absolute Gasteiger partial charge is 0.247 e. The molecule has 0 spiro atoms. The predicted molar refractivity (Wildman–Crippen MR) is 116 cm³/mol. The van der Waals surface area contributed by atoms with Crippen LogP contribution >= 0.6 is 0 Å². The Balaban J connectivity index is 4.59. The van der Waals surface area contributed by atoms with Gasteiger partial charge in [0.2, 0.25) is 16.8 Å². The maximum Gasteiger partial charge on any atom is 0.247 e. The fraction of sp³-hybridized carbons (Fsp3) is 1.00. The minimum absolute atomic E-state index is 0.372. The Labute approximate surface area is 159 Å². The lowest BCUT2D eigenvalue weighted by Gasteiger charge is -2.28. The number of unbranched alkanes of at least 4 members (excludes halogenated alkanes) is 4. The quantitative estimate of drug-likeness (QED) is 0.171. The van der Waals surface area contributed by atoms with Crippen LogP contribution < -0.4 is 0 Å². The van der Waals surface area contributed by atoms with Crippen molar-refractivity contribution in [2.75, 3.05) is 0 Å². The van der Waals surface area contributed by atoms with Crippen molar-refractivity contribution >= 4 is 16.8 Å². The molecule has 152 valence electrons. The van der Waals surface area contributed by atoms with Crippen LogP contribution in [0.5, 0.6) is 0 Å². The van der Waals surface area contributed by atoms with Crippen LogP contribution in [-0.4, -0.2) is 16.8 Å². The van der Waals surface area contributed by atoms with Crippen LogP contribution in [0.2, 0.25) is 36.3 Å². The zero-order valence-electron chi connectivity index (χ0n) is 17.9. The van der Waals surface area contributed by atoms with E-state index in [1.807, 2.05) is 0 Å². The molecule has 0 bridgehead atoms. The molecule has 0 aromatic rings. The maximum atomic E-state index is 15.5. The van der Waals surface area contributed by atoms with E-state index in [0.717, 1.165) is 94.1 Å². The van der Waals surface area contributed by atoms with E-state index in [0.29, 0.717) is 5.92 Å². The first kappa shape index (κ1) is 25.3. The molecule has 0 saturated heterocycles. The van der Waals surface area contributed by atoms with Gasteiger partial charge in [-0.25, -0.2) is 0 Å². The van der Waals surface area contributed by atoms with Crippen LogP contribution in [0.1, 0.15) is 92.4 Å². The highest BCUT2D eigenvalue weighted by Crippen LogP contribution is 2.35. The van der Waals surface area contributed by atoms with Crippen LogP contribution in [0, 0.1) is 5.92 Å². The Morgan fingerprint density at radius 1 is 0.600 bits per heavy atom. The van der Waals surface area contributed by atoms with Crippen molar-refractivity contribution in [2.24, 2.45) is 5.92 Å². The first-order chi connectivity index (χ1) is 11.8. The molecule has 0 aliphatic carbocycles. The normalized spacial score (nSPS) is 14.0. The molecule has 0 nitrogen and oxygen atoms in total. The fourth-order valence-electron chi connectivity index (χ4n) is 3.91. The minimum Gasteiger partial charge on any atom is -0.314 e. The van der Waals surface area contributed by atoms with Crippen molar-refractivity contribution in [3.8, 4) is 0 Å². The van der Waals surface area contributed by atoms with Gasteiger partial charge in [-0.05, 0) is 42.2 Å². The summed E-state index contributed by atoms with van der Waals surface area (Å²) in [7, 11) is -5.20. The molecule has 0 aromatic carbocycles. The molecule has 0 saturated carbocycles. The standard InChI is InChI=1S/C21H46F2Si2/c1-6-10-15-24(22,16-11-7-2)19-14-21(5)20-25(23,17-12-8-3)18-13-9-4/h21H,6-20H2,1-5H3. The molecular weight excluding hydrogens is 346 g/mol. The third-order valence-electron chi connectivity index (χ3n) is 5.71. The second-order valence-corrected chi connectivity index (χ2v) is 16.1. The lowest BCUT2D eigenvalue weighted by Crippen LogP contribution is -2.32. The van der Waals surface area contributed by atoms with E-state index in [-0.39, 0.29) is 0 Å². The van der Waals surface area contributed by atoms with Crippen LogP contribution in [-0.2, 0) is 0 Å². The Hall–Kier alpha value is 0.294. The van der Waals surface area contributed by atoms with E-state index < -0.39 is 16.8 Å². The first-order valence-corrected chi connectivity index (χ1v) is 16.2. The van der Waals surface area contributed by atoms with Gasteiger partial charge in [0, 0.05) is 0 Å². The van der Waals surface area contributed by atoms with E-state index in [1.165, 1.54) is 0 Å². The highest BCUT2D eigenvalue weighted by molar-refractivity contribution is 6.73. The predicted octanol–water partition coefficient (Wildman–Crippen LogP) is 9.04. The van der Waals surface area contributed by atoms with Gasteiger partial charge in [-0.15, -0.1) is 0 Å². The molecule has 0 aromatic heterocycles. The molecule has 0 aliphatic rings. The molecule has 25 heavy (non-hydrogen) atoms. The van der Waals surface area contributed by atoms with E-state index in [1.54, 1.807) is 0 Å². The van der Waals surface area contributed by atoms with Gasteiger partial charge in [-0.3, -0.25) is 0 Å². The second-order valence-electron chi connectivity index (χ2n) is 8.56. The van der Waals surface area contributed by atoms with Crippen molar-refractivity contribution in [1.29, 1.82) is 0 Å². The molecule has 4 heteroatoms. The largest absolute Gasteiger partial charge is 0.314 e. The van der Waals surface area contributed by atoms with Crippen molar-refractivity contribution in [1.82, 2.24) is 0 Å². The summed E-state index contributed by atoms with van der Waals surface area (Å²) in [6.07, 6.45) is 9.44. The van der Waals surface area contributed by atoms with E-state index in [2.05, 4.69) is 34.6 Å². The third kappa shape index (κ3) is 12.3. The van der Waals surface area contributed by atoms with Crippen molar-refractivity contribution < 1.29 is 8.22 Å². The molecule has 0 amide bonds. The number of hydrogen-bond donors (Lipinski definition) is 0. The molecule has 1 atom stereocenters. The van der Waals surface area contributed by atoms with Gasteiger partial charge in [0.25, 0.3) is 0 Å². The Morgan fingerprint density at radius 2 is 0.960 bits per heavy atom. The number of rotatable bonds is 17. The SMILES string of the molecule is CCCC[Si](F)(CCCC)CCC(C)C[Si](F)(CCCC)CCCC. The molecular formula is C21H46F2Si2. The zero-order chi connectivity index (χ0) is 19.2. The Morgan fingerprint density at radius 3 is 1.32 bits per heavy atom. The summed E-state index contributed by atoms with van der Waals surface area (Å²) in [5, 5.41) is 0. The summed E-state index contributed by atoms with van der Waals surface area (Å²) >= 11 is 0. The van der Waals surface area contributed by atoms with Gasteiger partial charge < -0.3 is 8.22 Å². The summed E-state index contributed by atoms with van der Waals surface area (Å²) in [5.41, 5.74) is 0. The molecule has 0 heterocycles.